The zero-order chi connectivity index (χ0) is 24.3. The van der Waals surface area contributed by atoms with Crippen molar-refractivity contribution in [3.63, 3.8) is 0 Å². The Morgan fingerprint density at radius 3 is 2.69 bits per heavy atom. The van der Waals surface area contributed by atoms with Crippen LogP contribution >= 0.6 is 0 Å². The smallest absolute Gasteiger partial charge is 0.269 e. The molecule has 2 aromatic heterocycles. The second kappa shape index (κ2) is 8.18. The minimum atomic E-state index is -0.646. The Morgan fingerprint density at radius 1 is 1.14 bits per heavy atom. The van der Waals surface area contributed by atoms with E-state index in [1.165, 1.54) is 10.2 Å². The lowest BCUT2D eigenvalue weighted by molar-refractivity contribution is -0.140. The van der Waals surface area contributed by atoms with E-state index in [-0.39, 0.29) is 36.1 Å². The van der Waals surface area contributed by atoms with E-state index in [4.69, 9.17) is 5.73 Å². The van der Waals surface area contributed by atoms with Crippen LogP contribution in [0.15, 0.2) is 42.6 Å². The molecule has 5 atom stereocenters. The zero-order valence-electron chi connectivity index (χ0n) is 19.6. The third-order valence-electron chi connectivity index (χ3n) is 7.61. The molecular weight excluding hydrogens is 444 g/mol. The van der Waals surface area contributed by atoms with Gasteiger partial charge in [-0.3, -0.25) is 24.0 Å². The summed E-state index contributed by atoms with van der Waals surface area (Å²) in [4.78, 5) is 44.8. The molecule has 3 aliphatic rings. The summed E-state index contributed by atoms with van der Waals surface area (Å²) in [5, 5.41) is 8.10. The first kappa shape index (κ1) is 21.8. The first-order valence-corrected chi connectivity index (χ1v) is 12.3. The molecule has 1 aromatic carbocycles. The number of aryl methyl sites for hydroxylation is 1. The van der Waals surface area contributed by atoms with Gasteiger partial charge in [0.05, 0.1) is 11.7 Å². The molecule has 0 spiro atoms. The van der Waals surface area contributed by atoms with Crippen molar-refractivity contribution >= 4 is 28.6 Å². The van der Waals surface area contributed by atoms with E-state index < -0.39 is 11.9 Å². The van der Waals surface area contributed by atoms with Gasteiger partial charge >= 0.3 is 0 Å². The van der Waals surface area contributed by atoms with Gasteiger partial charge in [-0.05, 0) is 43.2 Å². The summed E-state index contributed by atoms with van der Waals surface area (Å²) in [6.07, 6.45) is 4.88. The van der Waals surface area contributed by atoms with Crippen molar-refractivity contribution in [2.75, 3.05) is 0 Å². The molecule has 3 aromatic rings. The molecule has 3 amide bonds. The number of likely N-dealkylation sites (tertiary alicyclic amines) is 1. The molecule has 3 fully saturated rings. The molecule has 2 aliphatic carbocycles. The lowest BCUT2D eigenvalue weighted by atomic mass is 10.1. The number of pyridine rings is 1. The lowest BCUT2D eigenvalue weighted by Gasteiger charge is -2.27. The van der Waals surface area contributed by atoms with E-state index >= 15 is 0 Å². The maximum absolute atomic E-state index is 13.4. The third kappa shape index (κ3) is 3.84. The summed E-state index contributed by atoms with van der Waals surface area (Å²) >= 11 is 0. The monoisotopic (exact) mass is 472 g/mol. The molecule has 2 unspecified atom stereocenters. The van der Waals surface area contributed by atoms with E-state index in [1.807, 2.05) is 25.1 Å². The van der Waals surface area contributed by atoms with E-state index in [2.05, 4.69) is 27.5 Å². The van der Waals surface area contributed by atoms with Crippen molar-refractivity contribution in [3.05, 3.63) is 59.5 Å². The summed E-state index contributed by atoms with van der Waals surface area (Å²) in [5.41, 5.74) is 8.31. The van der Waals surface area contributed by atoms with Crippen LogP contribution in [-0.2, 0) is 22.6 Å². The topological polar surface area (TPSA) is 123 Å². The predicted octanol–water partition coefficient (Wildman–Crippen LogP) is 1.75. The number of amides is 3. The average molecular weight is 473 g/mol. The second-order valence-electron chi connectivity index (χ2n) is 9.90. The van der Waals surface area contributed by atoms with Gasteiger partial charge in [0, 0.05) is 29.1 Å². The Hall–Kier alpha value is -3.75. The molecule has 3 N–H and O–H groups in total. The number of fused-ring (bicyclic) bond motifs is 2. The molecule has 2 saturated carbocycles. The van der Waals surface area contributed by atoms with Crippen LogP contribution in [0.1, 0.15) is 53.8 Å². The number of hydrogen-bond acceptors (Lipinski definition) is 5. The van der Waals surface area contributed by atoms with Crippen LogP contribution < -0.4 is 11.1 Å². The van der Waals surface area contributed by atoms with Gasteiger partial charge in [0.1, 0.15) is 12.6 Å². The quantitative estimate of drug-likeness (QED) is 0.542. The molecule has 1 saturated heterocycles. The van der Waals surface area contributed by atoms with Crippen molar-refractivity contribution in [1.82, 2.24) is 25.0 Å². The highest BCUT2D eigenvalue weighted by atomic mass is 16.2. The van der Waals surface area contributed by atoms with Crippen LogP contribution in [0.3, 0.4) is 0 Å². The van der Waals surface area contributed by atoms with Crippen LogP contribution in [0.25, 0.3) is 10.9 Å². The molecular formula is C26H28N6O3. The summed E-state index contributed by atoms with van der Waals surface area (Å²) in [6, 6.07) is 11.7. The average Bonchev–Trinajstić information content (AvgIpc) is 3.74. The first-order chi connectivity index (χ1) is 16.9. The highest BCUT2D eigenvalue weighted by Crippen LogP contribution is 2.48. The van der Waals surface area contributed by atoms with Gasteiger partial charge in [-0.1, -0.05) is 37.3 Å². The Labute approximate surface area is 202 Å². The van der Waals surface area contributed by atoms with Gasteiger partial charge in [-0.25, -0.2) is 0 Å². The number of hydrogen-bond donors (Lipinski definition) is 2. The summed E-state index contributed by atoms with van der Waals surface area (Å²) in [6.45, 7) is 1.90. The van der Waals surface area contributed by atoms with Crippen molar-refractivity contribution in [1.29, 1.82) is 0 Å². The molecule has 6 rings (SSSR count). The maximum atomic E-state index is 13.4. The van der Waals surface area contributed by atoms with E-state index in [1.54, 1.807) is 17.2 Å². The van der Waals surface area contributed by atoms with E-state index in [9.17, 15) is 14.4 Å². The maximum Gasteiger partial charge on any atom is 0.269 e. The fraction of sp³-hybridized carbons (Fsp3) is 0.423. The Kier molecular flexibility index (Phi) is 5.09. The largest absolute Gasteiger partial charge is 0.364 e. The van der Waals surface area contributed by atoms with Crippen LogP contribution in [0.4, 0.5) is 0 Å². The third-order valence-corrected chi connectivity index (χ3v) is 7.61. The molecule has 0 bridgehead atoms. The van der Waals surface area contributed by atoms with Crippen LogP contribution in [0, 0.1) is 5.92 Å². The predicted molar refractivity (Wildman–Crippen MR) is 128 cm³/mol. The molecule has 3 heterocycles. The van der Waals surface area contributed by atoms with Gasteiger partial charge in [0.2, 0.25) is 11.8 Å². The number of piperidine rings is 1. The minimum Gasteiger partial charge on any atom is -0.364 e. The Bertz CT molecular complexity index is 1340. The number of nitrogens with two attached hydrogens (primary N) is 1. The van der Waals surface area contributed by atoms with Gasteiger partial charge < -0.3 is 16.0 Å². The fourth-order valence-electron chi connectivity index (χ4n) is 5.57. The van der Waals surface area contributed by atoms with Crippen molar-refractivity contribution in [2.24, 2.45) is 11.7 Å². The number of carbonyl (C=O) groups excluding carboxylic acids is 3. The SMILES string of the molecule is CCc1cc2c(C(N)=O)nn(CC(=O)N3[C@@H]4C[C@@H]4C[C@H]3C(=O)NC3CC3c3ccccc3)c2cn1. The Morgan fingerprint density at radius 2 is 1.94 bits per heavy atom. The van der Waals surface area contributed by atoms with Crippen molar-refractivity contribution in [3.8, 4) is 0 Å². The van der Waals surface area contributed by atoms with Crippen molar-refractivity contribution in [2.45, 2.75) is 63.2 Å². The summed E-state index contributed by atoms with van der Waals surface area (Å²) in [5.74, 6) is -0.184. The van der Waals surface area contributed by atoms with Gasteiger partial charge in [-0.15, -0.1) is 0 Å². The van der Waals surface area contributed by atoms with Crippen molar-refractivity contribution < 1.29 is 14.4 Å². The fourth-order valence-corrected chi connectivity index (χ4v) is 5.57. The molecule has 9 nitrogen and oxygen atoms in total. The number of primary amides is 1. The first-order valence-electron chi connectivity index (χ1n) is 12.3. The van der Waals surface area contributed by atoms with Gasteiger partial charge in [-0.2, -0.15) is 5.10 Å². The molecule has 0 radical (unpaired) electrons. The van der Waals surface area contributed by atoms with E-state index in [0.717, 1.165) is 18.5 Å². The second-order valence-corrected chi connectivity index (χ2v) is 9.90. The molecule has 1 aliphatic heterocycles. The number of rotatable bonds is 7. The van der Waals surface area contributed by atoms with Gasteiger partial charge in [0.15, 0.2) is 5.69 Å². The number of carbonyl (C=O) groups is 3. The number of aromatic nitrogens is 3. The van der Waals surface area contributed by atoms with Crippen LogP contribution in [0.2, 0.25) is 0 Å². The van der Waals surface area contributed by atoms with Crippen LogP contribution in [0.5, 0.6) is 0 Å². The van der Waals surface area contributed by atoms with Crippen LogP contribution in [-0.4, -0.2) is 55.5 Å². The normalized spacial score (nSPS) is 26.4. The summed E-state index contributed by atoms with van der Waals surface area (Å²) < 4.78 is 1.49. The molecule has 9 heteroatoms. The van der Waals surface area contributed by atoms with Gasteiger partial charge in [0.25, 0.3) is 5.91 Å². The lowest BCUT2D eigenvalue weighted by Crippen LogP contribution is -2.49. The Balaban J connectivity index is 1.19. The molecule has 180 valence electrons. The number of benzene rings is 1. The number of nitrogens with zero attached hydrogens (tertiary/aromatic N) is 4. The zero-order valence-corrected chi connectivity index (χ0v) is 19.6. The number of nitrogens with one attached hydrogen (secondary N) is 1. The summed E-state index contributed by atoms with van der Waals surface area (Å²) in [7, 11) is 0. The molecule has 35 heavy (non-hydrogen) atoms. The van der Waals surface area contributed by atoms with E-state index in [0.29, 0.717) is 35.6 Å². The standard InChI is InChI=1S/C26H28N6O3/c1-2-16-10-18-22(12-28-16)31(30-24(18)25(27)34)13-23(33)32-20-8-15(20)9-21(32)26(35)29-19-11-17(19)14-6-4-3-5-7-14/h3-7,10,12,15,17,19-21H,2,8-9,11,13H2,1H3,(H2,27,34)(H,29,35)/t15-,17?,19?,20-,21+/m1/s1. The highest BCUT2D eigenvalue weighted by Gasteiger charge is 2.56. The minimum absolute atomic E-state index is 0.0694. The highest BCUT2D eigenvalue weighted by molar-refractivity contribution is 6.04.